The van der Waals surface area contributed by atoms with Gasteiger partial charge in [-0.2, -0.15) is 10.2 Å². The maximum absolute atomic E-state index is 13.9. The smallest absolute Gasteiger partial charge is 0.237 e. The van der Waals surface area contributed by atoms with E-state index in [1.165, 1.54) is 5.57 Å². The number of ether oxygens (including phenoxy) is 1. The SMILES string of the molecule is CCN(C(=O)C1CCN(CC(=O)N2CC=C(c3ccc(-c4ncn(C)n4)cc3)CC2)C1)c1ccc2[nH]nc(-c3ccnc(OC(C)C)c3)c2c1. The average molecular weight is 674 g/mol. The zero-order valence-electron chi connectivity index (χ0n) is 29.0. The topological polar surface area (TPSA) is 125 Å². The van der Waals surface area contributed by atoms with Crippen LogP contribution in [0.15, 0.2) is 73.2 Å². The number of likely N-dealkylation sites (tertiary alicyclic amines) is 1. The third-order valence-corrected chi connectivity index (χ3v) is 9.46. The highest BCUT2D eigenvalue weighted by atomic mass is 16.5. The number of hydrogen-bond donors (Lipinski definition) is 1. The van der Waals surface area contributed by atoms with Crippen LogP contribution < -0.4 is 9.64 Å². The molecule has 1 N–H and O–H groups in total. The van der Waals surface area contributed by atoms with Crippen molar-refractivity contribution in [3.05, 3.63) is 78.8 Å². The first-order valence-electron chi connectivity index (χ1n) is 17.3. The molecule has 1 atom stereocenters. The van der Waals surface area contributed by atoms with Crippen molar-refractivity contribution in [3.63, 3.8) is 0 Å². The number of anilines is 1. The Labute approximate surface area is 291 Å². The van der Waals surface area contributed by atoms with E-state index in [1.54, 1.807) is 17.2 Å². The molecule has 50 heavy (non-hydrogen) atoms. The van der Waals surface area contributed by atoms with Crippen LogP contribution in [0.3, 0.4) is 0 Å². The summed E-state index contributed by atoms with van der Waals surface area (Å²) in [5, 5.41) is 13.0. The molecule has 0 saturated carbocycles. The van der Waals surface area contributed by atoms with E-state index < -0.39 is 0 Å². The van der Waals surface area contributed by atoms with Crippen molar-refractivity contribution in [2.75, 3.05) is 44.2 Å². The van der Waals surface area contributed by atoms with Crippen molar-refractivity contribution in [1.82, 2.24) is 39.7 Å². The lowest BCUT2D eigenvalue weighted by atomic mass is 9.98. The van der Waals surface area contributed by atoms with Gasteiger partial charge in [0.15, 0.2) is 5.82 Å². The second-order valence-electron chi connectivity index (χ2n) is 13.3. The van der Waals surface area contributed by atoms with Gasteiger partial charge < -0.3 is 14.5 Å². The maximum Gasteiger partial charge on any atom is 0.237 e. The highest BCUT2D eigenvalue weighted by Gasteiger charge is 2.33. The fourth-order valence-electron chi connectivity index (χ4n) is 6.87. The minimum absolute atomic E-state index is 0.0101. The number of carbonyl (C=O) groups is 2. The van der Waals surface area contributed by atoms with Crippen molar-refractivity contribution >= 4 is 34.0 Å². The van der Waals surface area contributed by atoms with Crippen LogP contribution in [0.4, 0.5) is 5.69 Å². The van der Waals surface area contributed by atoms with Gasteiger partial charge in [0, 0.05) is 67.7 Å². The number of benzene rings is 2. The van der Waals surface area contributed by atoms with Gasteiger partial charge in [-0.1, -0.05) is 30.3 Å². The molecule has 5 aromatic rings. The van der Waals surface area contributed by atoms with Crippen LogP contribution in [-0.4, -0.2) is 96.9 Å². The molecule has 1 saturated heterocycles. The molecule has 2 aliphatic heterocycles. The van der Waals surface area contributed by atoms with Crippen LogP contribution in [0.2, 0.25) is 0 Å². The lowest BCUT2D eigenvalue weighted by Crippen LogP contribution is -2.42. The summed E-state index contributed by atoms with van der Waals surface area (Å²) in [5.41, 5.74) is 6.76. The number of aromatic amines is 1. The van der Waals surface area contributed by atoms with Crippen molar-refractivity contribution < 1.29 is 14.3 Å². The molecule has 12 heteroatoms. The zero-order chi connectivity index (χ0) is 34.8. The van der Waals surface area contributed by atoms with E-state index in [-0.39, 0.29) is 23.8 Å². The molecule has 2 aromatic carbocycles. The van der Waals surface area contributed by atoms with E-state index in [9.17, 15) is 9.59 Å². The van der Waals surface area contributed by atoms with E-state index in [4.69, 9.17) is 4.74 Å². The number of hydrogen-bond acceptors (Lipinski definition) is 8. The number of H-pyrrole nitrogens is 1. The lowest BCUT2D eigenvalue weighted by Gasteiger charge is -2.29. The molecule has 1 unspecified atom stereocenters. The molecule has 2 aliphatic rings. The minimum Gasteiger partial charge on any atom is -0.475 e. The molecule has 1 fully saturated rings. The predicted octanol–water partition coefficient (Wildman–Crippen LogP) is 5.20. The average Bonchev–Trinajstić information content (AvgIpc) is 3.89. The first-order chi connectivity index (χ1) is 24.2. The maximum atomic E-state index is 13.9. The van der Waals surface area contributed by atoms with Crippen molar-refractivity contribution in [2.45, 2.75) is 39.7 Å². The Morgan fingerprint density at radius 3 is 2.56 bits per heavy atom. The van der Waals surface area contributed by atoms with Crippen LogP contribution >= 0.6 is 0 Å². The standard InChI is InChI=1S/C38H43N9O3/c1-5-47(31-10-11-33-32(21-31)36(42-41-33)29-12-16-39-34(20-29)50-25(2)3)38(49)30-13-17-45(22-30)23-35(48)46-18-14-27(15-19-46)26-6-8-28(9-7-26)37-40-24-44(4)43-37/h6-12,14,16,20-21,24-25,30H,5,13,15,17-19,22-23H2,1-4H3,(H,41,42). The number of nitrogens with one attached hydrogen (secondary N) is 1. The molecule has 0 radical (unpaired) electrons. The second kappa shape index (κ2) is 14.2. The normalized spacial score (nSPS) is 16.6. The van der Waals surface area contributed by atoms with E-state index >= 15 is 0 Å². The van der Waals surface area contributed by atoms with Crippen LogP contribution in [0, 0.1) is 5.92 Å². The number of aryl methyl sites for hydroxylation is 1. The van der Waals surface area contributed by atoms with E-state index in [2.05, 4.69) is 48.4 Å². The quantitative estimate of drug-likeness (QED) is 0.215. The van der Waals surface area contributed by atoms with Gasteiger partial charge in [-0.3, -0.25) is 24.3 Å². The van der Waals surface area contributed by atoms with Crippen molar-refractivity contribution in [3.8, 4) is 28.5 Å². The number of nitrogens with zero attached hydrogens (tertiary/aromatic N) is 8. The summed E-state index contributed by atoms with van der Waals surface area (Å²) in [5.74, 6) is 1.27. The van der Waals surface area contributed by atoms with Crippen LogP contribution in [0.5, 0.6) is 5.88 Å². The van der Waals surface area contributed by atoms with Crippen molar-refractivity contribution in [1.29, 1.82) is 0 Å². The van der Waals surface area contributed by atoms with Crippen LogP contribution in [0.25, 0.3) is 39.1 Å². The van der Waals surface area contributed by atoms with Gasteiger partial charge in [0.05, 0.1) is 24.1 Å². The van der Waals surface area contributed by atoms with E-state index in [0.29, 0.717) is 44.4 Å². The molecule has 12 nitrogen and oxygen atoms in total. The Hall–Kier alpha value is -5.36. The third kappa shape index (κ3) is 7.02. The molecule has 258 valence electrons. The highest BCUT2D eigenvalue weighted by molar-refractivity contribution is 6.00. The number of carbonyl (C=O) groups excluding carboxylic acids is 2. The number of rotatable bonds is 10. The van der Waals surface area contributed by atoms with Gasteiger partial charge in [-0.15, -0.1) is 0 Å². The molecule has 0 spiro atoms. The van der Waals surface area contributed by atoms with Crippen LogP contribution in [-0.2, 0) is 16.6 Å². The first-order valence-corrected chi connectivity index (χ1v) is 17.3. The Kier molecular flexibility index (Phi) is 9.44. The number of fused-ring (bicyclic) bond motifs is 1. The fourth-order valence-corrected chi connectivity index (χ4v) is 6.87. The monoisotopic (exact) mass is 673 g/mol. The fraction of sp³-hybridized carbons (Fsp3) is 0.368. The molecular formula is C38H43N9O3. The van der Waals surface area contributed by atoms with Gasteiger partial charge >= 0.3 is 0 Å². The van der Waals surface area contributed by atoms with Gasteiger partial charge in [-0.25, -0.2) is 9.97 Å². The molecule has 0 aliphatic carbocycles. The Morgan fingerprint density at radius 1 is 1.02 bits per heavy atom. The summed E-state index contributed by atoms with van der Waals surface area (Å²) in [6.07, 6.45) is 7.11. The van der Waals surface area contributed by atoms with Gasteiger partial charge in [0.25, 0.3) is 0 Å². The minimum atomic E-state index is -0.171. The van der Waals surface area contributed by atoms with Gasteiger partial charge in [0.2, 0.25) is 17.7 Å². The Balaban J connectivity index is 0.961. The van der Waals surface area contributed by atoms with E-state index in [0.717, 1.165) is 58.4 Å². The van der Waals surface area contributed by atoms with Crippen LogP contribution in [0.1, 0.15) is 39.2 Å². The molecule has 3 aromatic heterocycles. The number of aromatic nitrogens is 6. The summed E-state index contributed by atoms with van der Waals surface area (Å²) in [6.45, 7) is 9.35. The highest BCUT2D eigenvalue weighted by Crippen LogP contribution is 2.32. The number of pyridine rings is 1. The lowest BCUT2D eigenvalue weighted by molar-refractivity contribution is -0.132. The zero-order valence-corrected chi connectivity index (χ0v) is 29.0. The molecule has 5 heterocycles. The number of amides is 2. The van der Waals surface area contributed by atoms with Gasteiger partial charge in [-0.05, 0) is 75.6 Å². The summed E-state index contributed by atoms with van der Waals surface area (Å²) >= 11 is 0. The third-order valence-electron chi connectivity index (χ3n) is 9.46. The van der Waals surface area contributed by atoms with E-state index in [1.807, 2.05) is 80.1 Å². The predicted molar refractivity (Wildman–Crippen MR) is 193 cm³/mol. The van der Waals surface area contributed by atoms with Crippen molar-refractivity contribution in [2.24, 2.45) is 13.0 Å². The molecule has 7 rings (SSSR count). The summed E-state index contributed by atoms with van der Waals surface area (Å²) in [6, 6.07) is 18.0. The first kappa shape index (κ1) is 33.2. The Morgan fingerprint density at radius 2 is 1.84 bits per heavy atom. The summed E-state index contributed by atoms with van der Waals surface area (Å²) < 4.78 is 7.50. The summed E-state index contributed by atoms with van der Waals surface area (Å²) in [7, 11) is 1.86. The Bertz CT molecular complexity index is 2030. The van der Waals surface area contributed by atoms with Gasteiger partial charge in [0.1, 0.15) is 12.0 Å². The largest absolute Gasteiger partial charge is 0.475 e. The molecular weight excluding hydrogens is 630 g/mol. The summed E-state index contributed by atoms with van der Waals surface area (Å²) in [4.78, 5) is 41.8. The second-order valence-corrected chi connectivity index (χ2v) is 13.3. The molecule has 0 bridgehead atoms. The molecule has 2 amide bonds.